The van der Waals surface area contributed by atoms with Gasteiger partial charge in [-0.1, -0.05) is 24.3 Å². The van der Waals surface area contributed by atoms with Crippen LogP contribution in [0.5, 0.6) is 0 Å². The van der Waals surface area contributed by atoms with E-state index in [1.807, 2.05) is 0 Å². The van der Waals surface area contributed by atoms with Crippen LogP contribution in [0.4, 0.5) is 13.2 Å². The second-order valence-corrected chi connectivity index (χ2v) is 4.96. The highest BCUT2D eigenvalue weighted by molar-refractivity contribution is 5.87. The summed E-state index contributed by atoms with van der Waals surface area (Å²) in [5, 5.41) is 0.763. The number of halogens is 3. The van der Waals surface area contributed by atoms with Gasteiger partial charge in [0, 0.05) is 5.54 Å². The van der Waals surface area contributed by atoms with E-state index in [2.05, 4.69) is 0 Å². The summed E-state index contributed by atoms with van der Waals surface area (Å²) in [6, 6.07) is 9.14. The number of alkyl halides is 3. The zero-order valence-corrected chi connectivity index (χ0v) is 10.2. The zero-order valence-electron chi connectivity index (χ0n) is 10.2. The topological polar surface area (TPSA) is 26.0 Å². The third-order valence-corrected chi connectivity index (χ3v) is 2.93. The van der Waals surface area contributed by atoms with Crippen LogP contribution in [0.25, 0.3) is 10.8 Å². The average Bonchev–Trinajstić information content (AvgIpc) is 2.25. The molecule has 0 aliphatic rings. The van der Waals surface area contributed by atoms with E-state index >= 15 is 0 Å². The second kappa shape index (κ2) is 3.99. The normalized spacial score (nSPS) is 13.0. The highest BCUT2D eigenvalue weighted by Crippen LogP contribution is 2.35. The molecule has 18 heavy (non-hydrogen) atoms. The van der Waals surface area contributed by atoms with E-state index in [0.717, 1.165) is 6.07 Å². The maximum atomic E-state index is 12.9. The van der Waals surface area contributed by atoms with Gasteiger partial charge in [-0.3, -0.25) is 0 Å². The minimum Gasteiger partial charge on any atom is -0.322 e. The number of nitrogens with two attached hydrogens (primary N) is 1. The summed E-state index contributed by atoms with van der Waals surface area (Å²) < 4.78 is 38.7. The molecule has 2 aromatic carbocycles. The van der Waals surface area contributed by atoms with Crippen molar-refractivity contribution in [2.24, 2.45) is 5.73 Å². The van der Waals surface area contributed by atoms with Crippen molar-refractivity contribution >= 4 is 10.8 Å². The van der Waals surface area contributed by atoms with Crippen molar-refractivity contribution < 1.29 is 13.2 Å². The zero-order chi connectivity index (χ0) is 13.6. The Morgan fingerprint density at radius 3 is 2.22 bits per heavy atom. The monoisotopic (exact) mass is 253 g/mol. The van der Waals surface area contributed by atoms with Crippen molar-refractivity contribution in [2.45, 2.75) is 25.6 Å². The molecule has 96 valence electrons. The smallest absolute Gasteiger partial charge is 0.322 e. The minimum atomic E-state index is -4.35. The number of benzene rings is 2. The largest absolute Gasteiger partial charge is 0.417 e. The summed E-state index contributed by atoms with van der Waals surface area (Å²) in [5.41, 5.74) is 5.33. The summed E-state index contributed by atoms with van der Waals surface area (Å²) in [6.45, 7) is 3.54. The molecule has 2 rings (SSSR count). The van der Waals surface area contributed by atoms with Crippen LogP contribution >= 0.6 is 0 Å². The number of rotatable bonds is 1. The summed E-state index contributed by atoms with van der Waals surface area (Å²) in [4.78, 5) is 0. The van der Waals surface area contributed by atoms with Crippen molar-refractivity contribution in [1.29, 1.82) is 0 Å². The van der Waals surface area contributed by atoms with E-state index in [0.29, 0.717) is 10.9 Å². The van der Waals surface area contributed by atoms with Gasteiger partial charge in [0.2, 0.25) is 0 Å². The van der Waals surface area contributed by atoms with Crippen LogP contribution in [0.3, 0.4) is 0 Å². The molecule has 0 saturated heterocycles. The predicted molar refractivity (Wildman–Crippen MR) is 66.2 cm³/mol. The van der Waals surface area contributed by atoms with E-state index in [4.69, 9.17) is 5.73 Å². The quantitative estimate of drug-likeness (QED) is 0.815. The van der Waals surface area contributed by atoms with Crippen molar-refractivity contribution in [3.05, 3.63) is 47.5 Å². The maximum Gasteiger partial charge on any atom is 0.417 e. The van der Waals surface area contributed by atoms with Gasteiger partial charge in [0.1, 0.15) is 0 Å². The van der Waals surface area contributed by atoms with Crippen molar-refractivity contribution in [3.63, 3.8) is 0 Å². The summed E-state index contributed by atoms with van der Waals surface area (Å²) >= 11 is 0. The molecule has 0 aliphatic carbocycles. The Hall–Kier alpha value is -1.55. The van der Waals surface area contributed by atoms with Gasteiger partial charge in [0.25, 0.3) is 0 Å². The average molecular weight is 253 g/mol. The first kappa shape index (κ1) is 12.9. The van der Waals surface area contributed by atoms with Crippen molar-refractivity contribution in [1.82, 2.24) is 0 Å². The highest BCUT2D eigenvalue weighted by Gasteiger charge is 2.32. The lowest BCUT2D eigenvalue weighted by Crippen LogP contribution is -2.28. The molecule has 2 N–H and O–H groups in total. The first-order valence-corrected chi connectivity index (χ1v) is 5.59. The molecule has 0 aromatic heterocycles. The second-order valence-electron chi connectivity index (χ2n) is 4.96. The molecule has 1 nitrogen and oxygen atoms in total. The van der Waals surface area contributed by atoms with Gasteiger partial charge in [0.05, 0.1) is 5.56 Å². The number of fused-ring (bicyclic) bond motifs is 1. The van der Waals surface area contributed by atoms with E-state index in [1.54, 1.807) is 32.0 Å². The Morgan fingerprint density at radius 2 is 1.67 bits per heavy atom. The van der Waals surface area contributed by atoms with Crippen LogP contribution in [0.15, 0.2) is 36.4 Å². The van der Waals surface area contributed by atoms with Crippen LogP contribution in [0, 0.1) is 0 Å². The SMILES string of the molecule is CC(C)(N)c1ccc2cccc(C(F)(F)F)c2c1. The Bertz CT molecular complexity index is 580. The Kier molecular flexibility index (Phi) is 2.86. The van der Waals surface area contributed by atoms with Gasteiger partial charge in [-0.15, -0.1) is 0 Å². The predicted octanol–water partition coefficient (Wildman–Crippen LogP) is 4.05. The summed E-state index contributed by atoms with van der Waals surface area (Å²) in [6.07, 6.45) is -4.35. The van der Waals surface area contributed by atoms with Gasteiger partial charge in [-0.2, -0.15) is 13.2 Å². The molecule has 0 spiro atoms. The Balaban J connectivity index is 2.74. The number of hydrogen-bond acceptors (Lipinski definition) is 1. The Labute approximate surface area is 103 Å². The first-order chi connectivity index (χ1) is 8.19. The molecule has 0 fully saturated rings. The van der Waals surface area contributed by atoms with Gasteiger partial charge in [-0.25, -0.2) is 0 Å². The first-order valence-electron chi connectivity index (χ1n) is 5.59. The fourth-order valence-electron chi connectivity index (χ4n) is 1.92. The van der Waals surface area contributed by atoms with Gasteiger partial charge in [-0.05, 0) is 42.3 Å². The van der Waals surface area contributed by atoms with Crippen LogP contribution in [0.2, 0.25) is 0 Å². The molecule has 0 unspecified atom stereocenters. The summed E-state index contributed by atoms with van der Waals surface area (Å²) in [5.74, 6) is 0. The lowest BCUT2D eigenvalue weighted by atomic mass is 9.92. The summed E-state index contributed by atoms with van der Waals surface area (Å²) in [7, 11) is 0. The van der Waals surface area contributed by atoms with Crippen LogP contribution < -0.4 is 5.73 Å². The molecule has 2 aromatic rings. The number of hydrogen-bond donors (Lipinski definition) is 1. The third kappa shape index (κ3) is 2.34. The molecule has 0 atom stereocenters. The van der Waals surface area contributed by atoms with Gasteiger partial charge < -0.3 is 5.73 Å². The molecule has 0 radical (unpaired) electrons. The minimum absolute atomic E-state index is 0.195. The molecule has 0 bridgehead atoms. The molecule has 4 heteroatoms. The third-order valence-electron chi connectivity index (χ3n) is 2.93. The van der Waals surface area contributed by atoms with E-state index in [1.165, 1.54) is 12.1 Å². The molecule has 0 saturated carbocycles. The van der Waals surface area contributed by atoms with Crippen molar-refractivity contribution in [3.8, 4) is 0 Å². The molecule has 0 heterocycles. The van der Waals surface area contributed by atoms with Crippen LogP contribution in [-0.4, -0.2) is 0 Å². The van der Waals surface area contributed by atoms with E-state index < -0.39 is 17.3 Å². The molecule has 0 amide bonds. The van der Waals surface area contributed by atoms with Crippen LogP contribution in [-0.2, 0) is 11.7 Å². The fourth-order valence-corrected chi connectivity index (χ4v) is 1.92. The standard InChI is InChI=1S/C14H14F3N/c1-13(2,18)10-7-6-9-4-3-5-12(11(9)8-10)14(15,16)17/h3-8H,18H2,1-2H3. The maximum absolute atomic E-state index is 12.9. The Morgan fingerprint density at radius 1 is 1.00 bits per heavy atom. The van der Waals surface area contributed by atoms with Crippen molar-refractivity contribution in [2.75, 3.05) is 0 Å². The molecular weight excluding hydrogens is 239 g/mol. The van der Waals surface area contributed by atoms with Crippen LogP contribution in [0.1, 0.15) is 25.0 Å². The lowest BCUT2D eigenvalue weighted by molar-refractivity contribution is -0.136. The lowest BCUT2D eigenvalue weighted by Gasteiger charge is -2.20. The highest BCUT2D eigenvalue weighted by atomic mass is 19.4. The van der Waals surface area contributed by atoms with Gasteiger partial charge in [0.15, 0.2) is 0 Å². The van der Waals surface area contributed by atoms with E-state index in [-0.39, 0.29) is 5.39 Å². The van der Waals surface area contributed by atoms with E-state index in [9.17, 15) is 13.2 Å². The fraction of sp³-hybridized carbons (Fsp3) is 0.286. The molecule has 0 aliphatic heterocycles. The van der Waals surface area contributed by atoms with Gasteiger partial charge >= 0.3 is 6.18 Å². The molecular formula is C14H14F3N.